The van der Waals surface area contributed by atoms with Crippen molar-refractivity contribution in [2.75, 3.05) is 26.3 Å². The summed E-state index contributed by atoms with van der Waals surface area (Å²) in [6, 6.07) is 10.6. The van der Waals surface area contributed by atoms with Crippen molar-refractivity contribution in [3.8, 4) is 11.5 Å². The van der Waals surface area contributed by atoms with Crippen molar-refractivity contribution < 1.29 is 22.5 Å². The van der Waals surface area contributed by atoms with Crippen molar-refractivity contribution in [1.29, 1.82) is 0 Å². The van der Waals surface area contributed by atoms with E-state index >= 15 is 0 Å². The van der Waals surface area contributed by atoms with E-state index in [1.54, 1.807) is 24.3 Å². The molecule has 162 valence electrons. The topological polar surface area (TPSA) is 129 Å². The van der Waals surface area contributed by atoms with Gasteiger partial charge in [0.05, 0.1) is 38.5 Å². The minimum atomic E-state index is -3.87. The maximum Gasteiger partial charge on any atom is 0.284 e. The molecule has 0 saturated carbocycles. The van der Waals surface area contributed by atoms with E-state index in [9.17, 15) is 18.5 Å². The van der Waals surface area contributed by atoms with Gasteiger partial charge in [-0.2, -0.15) is 4.31 Å². The van der Waals surface area contributed by atoms with Crippen LogP contribution in [0.25, 0.3) is 11.5 Å². The highest BCUT2D eigenvalue weighted by Gasteiger charge is 2.29. The van der Waals surface area contributed by atoms with Gasteiger partial charge >= 0.3 is 0 Å². The molecule has 0 atom stereocenters. The molecule has 0 N–H and O–H groups in total. The minimum Gasteiger partial charge on any atom is -0.411 e. The lowest BCUT2D eigenvalue weighted by atomic mass is 10.2. The molecule has 0 radical (unpaired) electrons. The van der Waals surface area contributed by atoms with Crippen LogP contribution in [0.2, 0.25) is 5.02 Å². The summed E-state index contributed by atoms with van der Waals surface area (Å²) in [5.41, 5.74) is 0.154. The number of rotatable bonds is 6. The highest BCUT2D eigenvalue weighted by molar-refractivity contribution is 7.99. The SMILES string of the molecule is O=[N+]([O-])c1cc(S(=O)(=O)N2CCOCC2)ccc1Sc1nnc(-c2ccccc2Cl)o1. The van der Waals surface area contributed by atoms with Crippen LogP contribution in [0.15, 0.2) is 61.9 Å². The first-order valence-corrected chi connectivity index (χ1v) is 11.6. The second kappa shape index (κ2) is 8.93. The van der Waals surface area contributed by atoms with E-state index in [0.29, 0.717) is 10.6 Å². The number of nitro groups is 1. The highest BCUT2D eigenvalue weighted by Crippen LogP contribution is 2.37. The second-order valence-corrected chi connectivity index (χ2v) is 9.70. The molecule has 1 aliphatic rings. The van der Waals surface area contributed by atoms with Gasteiger partial charge in [0.15, 0.2) is 0 Å². The average Bonchev–Trinajstić information content (AvgIpc) is 3.23. The van der Waals surface area contributed by atoms with Crippen LogP contribution in [0, 0.1) is 10.1 Å². The normalized spacial score (nSPS) is 15.1. The van der Waals surface area contributed by atoms with Crippen LogP contribution in [-0.4, -0.2) is 54.1 Å². The van der Waals surface area contributed by atoms with Crippen molar-refractivity contribution in [1.82, 2.24) is 14.5 Å². The molecule has 1 aliphatic heterocycles. The standard InChI is InChI=1S/C18H15ClN4O6S2/c19-14-4-2-1-3-13(14)17-20-21-18(29-17)30-16-6-5-12(11-15(16)23(24)25)31(26,27)22-7-9-28-10-8-22/h1-6,11H,7-10H2. The molecule has 0 aliphatic carbocycles. The number of nitrogens with zero attached hydrogens (tertiary/aromatic N) is 4. The number of hydrogen-bond acceptors (Lipinski definition) is 9. The molecule has 1 fully saturated rings. The predicted molar refractivity (Wildman–Crippen MR) is 112 cm³/mol. The zero-order valence-corrected chi connectivity index (χ0v) is 18.2. The zero-order valence-electron chi connectivity index (χ0n) is 15.8. The number of halogens is 1. The summed E-state index contributed by atoms with van der Waals surface area (Å²) in [7, 11) is -3.87. The van der Waals surface area contributed by atoms with Gasteiger partial charge < -0.3 is 9.15 Å². The van der Waals surface area contributed by atoms with Crippen LogP contribution in [-0.2, 0) is 14.8 Å². The zero-order chi connectivity index (χ0) is 22.0. The van der Waals surface area contributed by atoms with Gasteiger partial charge in [0, 0.05) is 19.2 Å². The van der Waals surface area contributed by atoms with Crippen molar-refractivity contribution >= 4 is 39.1 Å². The summed E-state index contributed by atoms with van der Waals surface area (Å²) >= 11 is 6.99. The summed E-state index contributed by atoms with van der Waals surface area (Å²) in [6.07, 6.45) is 0. The maximum absolute atomic E-state index is 12.8. The number of morpholine rings is 1. The van der Waals surface area contributed by atoms with Crippen LogP contribution < -0.4 is 0 Å². The molecule has 31 heavy (non-hydrogen) atoms. The fraction of sp³-hybridized carbons (Fsp3) is 0.222. The predicted octanol–water partition coefficient (Wildman–Crippen LogP) is 3.47. The molecule has 1 saturated heterocycles. The van der Waals surface area contributed by atoms with E-state index in [1.165, 1.54) is 16.4 Å². The maximum atomic E-state index is 12.8. The third kappa shape index (κ3) is 4.57. The van der Waals surface area contributed by atoms with Gasteiger partial charge in [-0.3, -0.25) is 10.1 Å². The fourth-order valence-corrected chi connectivity index (χ4v) is 5.32. The Hall–Kier alpha value is -2.51. The Balaban J connectivity index is 1.62. The summed E-state index contributed by atoms with van der Waals surface area (Å²) < 4.78 is 37.6. The van der Waals surface area contributed by atoms with Gasteiger partial charge in [0.25, 0.3) is 10.9 Å². The van der Waals surface area contributed by atoms with E-state index in [-0.39, 0.29) is 52.9 Å². The molecule has 0 bridgehead atoms. The first-order valence-electron chi connectivity index (χ1n) is 8.99. The van der Waals surface area contributed by atoms with E-state index in [4.69, 9.17) is 20.8 Å². The molecule has 0 unspecified atom stereocenters. The van der Waals surface area contributed by atoms with Crippen molar-refractivity contribution in [3.05, 3.63) is 57.6 Å². The molecular formula is C18H15ClN4O6S2. The molecule has 10 nitrogen and oxygen atoms in total. The summed E-state index contributed by atoms with van der Waals surface area (Å²) in [4.78, 5) is 11.0. The number of hydrogen-bond donors (Lipinski definition) is 0. The molecule has 1 aromatic heterocycles. The Bertz CT molecular complexity index is 1230. The number of ether oxygens (including phenoxy) is 1. The summed E-state index contributed by atoms with van der Waals surface area (Å²) in [6.45, 7) is 0.944. The van der Waals surface area contributed by atoms with E-state index in [1.807, 2.05) is 0 Å². The summed E-state index contributed by atoms with van der Waals surface area (Å²) in [5, 5.41) is 19.9. The highest BCUT2D eigenvalue weighted by atomic mass is 35.5. The third-order valence-electron chi connectivity index (χ3n) is 4.44. The Morgan fingerprint density at radius 1 is 1.13 bits per heavy atom. The van der Waals surface area contributed by atoms with Gasteiger partial charge in [0.2, 0.25) is 15.9 Å². The van der Waals surface area contributed by atoms with Gasteiger partial charge in [0.1, 0.15) is 0 Å². The lowest BCUT2D eigenvalue weighted by molar-refractivity contribution is -0.388. The van der Waals surface area contributed by atoms with Gasteiger partial charge in [-0.25, -0.2) is 8.42 Å². The average molecular weight is 483 g/mol. The lowest BCUT2D eigenvalue weighted by Gasteiger charge is -2.26. The third-order valence-corrected chi connectivity index (χ3v) is 7.57. The van der Waals surface area contributed by atoms with E-state index in [2.05, 4.69) is 10.2 Å². The Morgan fingerprint density at radius 2 is 1.87 bits per heavy atom. The molecule has 2 heterocycles. The van der Waals surface area contributed by atoms with Crippen LogP contribution in [0.5, 0.6) is 0 Å². The molecule has 0 spiro atoms. The first-order chi connectivity index (χ1) is 14.9. The Kier molecular flexibility index (Phi) is 6.25. The van der Waals surface area contributed by atoms with Crippen LogP contribution in [0.3, 0.4) is 0 Å². The molecule has 0 amide bonds. The molecule has 13 heteroatoms. The van der Waals surface area contributed by atoms with Crippen LogP contribution in [0.1, 0.15) is 0 Å². The number of aromatic nitrogens is 2. The van der Waals surface area contributed by atoms with Crippen molar-refractivity contribution in [2.45, 2.75) is 15.0 Å². The number of benzene rings is 2. The molecule has 3 aromatic rings. The van der Waals surface area contributed by atoms with Crippen LogP contribution >= 0.6 is 23.4 Å². The lowest BCUT2D eigenvalue weighted by Crippen LogP contribution is -2.40. The second-order valence-electron chi connectivity index (χ2n) is 6.36. The van der Waals surface area contributed by atoms with Gasteiger partial charge in [-0.1, -0.05) is 23.7 Å². The number of nitro benzene ring substituents is 1. The molecule has 2 aromatic carbocycles. The quantitative estimate of drug-likeness (QED) is 0.383. The van der Waals surface area contributed by atoms with Crippen LogP contribution in [0.4, 0.5) is 5.69 Å². The smallest absolute Gasteiger partial charge is 0.284 e. The van der Waals surface area contributed by atoms with E-state index in [0.717, 1.165) is 17.8 Å². The van der Waals surface area contributed by atoms with Gasteiger partial charge in [-0.15, -0.1) is 10.2 Å². The largest absolute Gasteiger partial charge is 0.411 e. The van der Waals surface area contributed by atoms with E-state index < -0.39 is 14.9 Å². The van der Waals surface area contributed by atoms with Crippen molar-refractivity contribution in [2.24, 2.45) is 0 Å². The van der Waals surface area contributed by atoms with Gasteiger partial charge in [-0.05, 0) is 36.0 Å². The van der Waals surface area contributed by atoms with Crippen molar-refractivity contribution in [3.63, 3.8) is 0 Å². The molecular weight excluding hydrogens is 468 g/mol. The monoisotopic (exact) mass is 482 g/mol. The summed E-state index contributed by atoms with van der Waals surface area (Å²) in [5.74, 6) is 0.169. The Labute approximate surface area is 186 Å². The fourth-order valence-electron chi connectivity index (χ4n) is 2.91. The first kappa shape index (κ1) is 21.7. The minimum absolute atomic E-state index is 0.0572. The Morgan fingerprint density at radius 3 is 2.58 bits per heavy atom. The molecule has 4 rings (SSSR count). The number of sulfonamides is 1.